The van der Waals surface area contributed by atoms with Gasteiger partial charge in [-0.05, 0) is 37.3 Å². The highest BCUT2D eigenvalue weighted by Gasteiger charge is 2.37. The SMILES string of the molecule is COc1ccc(Cl)cc1N1CCN(C(=O)c2ccco2)[C@H](C)C1=O. The number of furan rings is 1. The largest absolute Gasteiger partial charge is 0.495 e. The Morgan fingerprint density at radius 1 is 1.33 bits per heavy atom. The molecule has 2 amide bonds. The fourth-order valence-corrected chi connectivity index (χ4v) is 2.97. The molecule has 0 saturated carbocycles. The Morgan fingerprint density at radius 3 is 2.79 bits per heavy atom. The molecule has 1 aliphatic rings. The molecule has 1 saturated heterocycles. The quantitative estimate of drug-likeness (QED) is 0.855. The summed E-state index contributed by atoms with van der Waals surface area (Å²) in [6.45, 7) is 2.45. The number of amides is 2. The Kier molecular flexibility index (Phi) is 4.49. The number of halogens is 1. The van der Waals surface area contributed by atoms with Gasteiger partial charge in [0.25, 0.3) is 5.91 Å². The van der Waals surface area contributed by atoms with Crippen LogP contribution in [0.4, 0.5) is 5.69 Å². The number of nitrogens with zero attached hydrogens (tertiary/aromatic N) is 2. The van der Waals surface area contributed by atoms with E-state index in [1.54, 1.807) is 42.2 Å². The summed E-state index contributed by atoms with van der Waals surface area (Å²) >= 11 is 6.05. The lowest BCUT2D eigenvalue weighted by atomic mass is 10.1. The summed E-state index contributed by atoms with van der Waals surface area (Å²) < 4.78 is 10.5. The van der Waals surface area contributed by atoms with Crippen molar-refractivity contribution in [2.45, 2.75) is 13.0 Å². The van der Waals surface area contributed by atoms with Gasteiger partial charge in [-0.3, -0.25) is 9.59 Å². The number of hydrogen-bond acceptors (Lipinski definition) is 4. The molecule has 2 heterocycles. The minimum absolute atomic E-state index is 0.193. The van der Waals surface area contributed by atoms with Crippen LogP contribution < -0.4 is 9.64 Å². The fraction of sp³-hybridized carbons (Fsp3) is 0.294. The smallest absolute Gasteiger partial charge is 0.290 e. The van der Waals surface area contributed by atoms with Crippen LogP contribution >= 0.6 is 11.6 Å². The first-order valence-electron chi connectivity index (χ1n) is 7.52. The third kappa shape index (κ3) is 2.85. The van der Waals surface area contributed by atoms with Gasteiger partial charge < -0.3 is 19.0 Å². The lowest BCUT2D eigenvalue weighted by Crippen LogP contribution is -2.57. The number of anilines is 1. The molecule has 1 atom stereocenters. The van der Waals surface area contributed by atoms with E-state index < -0.39 is 6.04 Å². The van der Waals surface area contributed by atoms with Crippen LogP contribution in [-0.2, 0) is 4.79 Å². The maximum Gasteiger partial charge on any atom is 0.290 e. The summed E-state index contributed by atoms with van der Waals surface area (Å²) in [6.07, 6.45) is 1.44. The van der Waals surface area contributed by atoms with Gasteiger partial charge in [-0.1, -0.05) is 11.6 Å². The van der Waals surface area contributed by atoms with Gasteiger partial charge in [0.15, 0.2) is 5.76 Å². The molecule has 0 bridgehead atoms. The zero-order chi connectivity index (χ0) is 17.3. The van der Waals surface area contributed by atoms with Gasteiger partial charge in [0.05, 0.1) is 19.1 Å². The molecule has 0 aliphatic carbocycles. The number of rotatable bonds is 3. The number of methoxy groups -OCH3 is 1. The van der Waals surface area contributed by atoms with Gasteiger partial charge in [-0.25, -0.2) is 0 Å². The Bertz CT molecular complexity index is 760. The summed E-state index contributed by atoms with van der Waals surface area (Å²) in [5.74, 6) is 0.300. The Balaban J connectivity index is 1.85. The molecule has 7 heteroatoms. The maximum atomic E-state index is 12.8. The molecule has 2 aromatic rings. The van der Waals surface area contributed by atoms with Crippen molar-refractivity contribution in [2.24, 2.45) is 0 Å². The van der Waals surface area contributed by atoms with Crippen molar-refractivity contribution in [3.05, 3.63) is 47.4 Å². The molecule has 24 heavy (non-hydrogen) atoms. The first-order chi connectivity index (χ1) is 11.5. The van der Waals surface area contributed by atoms with E-state index in [4.69, 9.17) is 20.8 Å². The zero-order valence-electron chi connectivity index (χ0n) is 13.4. The number of piperazine rings is 1. The standard InChI is InChI=1S/C17H17ClN2O4/c1-11-16(21)20(13-10-12(18)5-6-14(13)23-2)8-7-19(11)17(22)15-4-3-9-24-15/h3-6,9-11H,7-8H2,1-2H3/t11-/m1/s1. The topological polar surface area (TPSA) is 63.0 Å². The monoisotopic (exact) mass is 348 g/mol. The second-order valence-corrected chi connectivity index (χ2v) is 5.89. The van der Waals surface area contributed by atoms with Crippen LogP contribution in [0.15, 0.2) is 41.0 Å². The van der Waals surface area contributed by atoms with E-state index in [0.29, 0.717) is 29.5 Å². The fourth-order valence-electron chi connectivity index (χ4n) is 2.80. The van der Waals surface area contributed by atoms with E-state index in [-0.39, 0.29) is 17.6 Å². The molecular weight excluding hydrogens is 332 g/mol. The van der Waals surface area contributed by atoms with Crippen LogP contribution in [0.5, 0.6) is 5.75 Å². The van der Waals surface area contributed by atoms with E-state index in [0.717, 1.165) is 0 Å². The van der Waals surface area contributed by atoms with Crippen LogP contribution in [-0.4, -0.2) is 43.0 Å². The van der Waals surface area contributed by atoms with Crippen molar-refractivity contribution in [1.29, 1.82) is 0 Å². The molecule has 0 radical (unpaired) electrons. The predicted molar refractivity (Wildman–Crippen MR) is 89.6 cm³/mol. The minimum atomic E-state index is -0.611. The van der Waals surface area contributed by atoms with Gasteiger partial charge in [0.1, 0.15) is 11.8 Å². The summed E-state index contributed by atoms with van der Waals surface area (Å²) in [5, 5.41) is 0.514. The Morgan fingerprint density at radius 2 is 2.12 bits per heavy atom. The van der Waals surface area contributed by atoms with E-state index in [1.165, 1.54) is 18.3 Å². The average molecular weight is 349 g/mol. The van der Waals surface area contributed by atoms with Gasteiger partial charge in [-0.2, -0.15) is 0 Å². The summed E-state index contributed by atoms with van der Waals surface area (Å²) in [6, 6.07) is 7.73. The number of carbonyl (C=O) groups excluding carboxylic acids is 2. The van der Waals surface area contributed by atoms with Crippen molar-refractivity contribution in [3.8, 4) is 5.75 Å². The summed E-state index contributed by atoms with van der Waals surface area (Å²) in [7, 11) is 1.54. The van der Waals surface area contributed by atoms with Gasteiger partial charge in [0, 0.05) is 18.1 Å². The maximum absolute atomic E-state index is 12.8. The van der Waals surface area contributed by atoms with Gasteiger partial charge >= 0.3 is 0 Å². The van der Waals surface area contributed by atoms with Crippen LogP contribution in [0.1, 0.15) is 17.5 Å². The second kappa shape index (κ2) is 6.57. The molecule has 1 aromatic carbocycles. The van der Waals surface area contributed by atoms with Crippen LogP contribution in [0.25, 0.3) is 0 Å². The molecule has 0 spiro atoms. The van der Waals surface area contributed by atoms with E-state index >= 15 is 0 Å². The first-order valence-corrected chi connectivity index (χ1v) is 7.90. The lowest BCUT2D eigenvalue weighted by molar-refractivity contribution is -0.124. The van der Waals surface area contributed by atoms with E-state index in [1.807, 2.05) is 0 Å². The molecule has 1 aromatic heterocycles. The van der Waals surface area contributed by atoms with E-state index in [2.05, 4.69) is 0 Å². The summed E-state index contributed by atoms with van der Waals surface area (Å²) in [5.41, 5.74) is 0.604. The molecule has 0 unspecified atom stereocenters. The first kappa shape index (κ1) is 16.4. The van der Waals surface area contributed by atoms with E-state index in [9.17, 15) is 9.59 Å². The normalized spacial score (nSPS) is 18.0. The molecule has 126 valence electrons. The Hall–Kier alpha value is -2.47. The third-order valence-corrected chi connectivity index (χ3v) is 4.32. The van der Waals surface area contributed by atoms with Crippen molar-refractivity contribution < 1.29 is 18.7 Å². The molecule has 3 rings (SSSR count). The third-order valence-electron chi connectivity index (χ3n) is 4.08. The van der Waals surface area contributed by atoms with Crippen molar-refractivity contribution >= 4 is 29.1 Å². The molecule has 6 nitrogen and oxygen atoms in total. The van der Waals surface area contributed by atoms with Crippen molar-refractivity contribution in [2.75, 3.05) is 25.1 Å². The molecule has 1 fully saturated rings. The Labute approximate surface area is 144 Å². The zero-order valence-corrected chi connectivity index (χ0v) is 14.1. The van der Waals surface area contributed by atoms with Crippen molar-refractivity contribution in [1.82, 2.24) is 4.90 Å². The average Bonchev–Trinajstić information content (AvgIpc) is 3.11. The van der Waals surface area contributed by atoms with Gasteiger partial charge in [-0.15, -0.1) is 0 Å². The number of ether oxygens (including phenoxy) is 1. The van der Waals surface area contributed by atoms with Crippen LogP contribution in [0.3, 0.4) is 0 Å². The number of carbonyl (C=O) groups is 2. The summed E-state index contributed by atoms with van der Waals surface area (Å²) in [4.78, 5) is 28.4. The molecule has 1 aliphatic heterocycles. The highest BCUT2D eigenvalue weighted by Crippen LogP contribution is 2.33. The molecular formula is C17H17ClN2O4. The number of benzene rings is 1. The molecule has 0 N–H and O–H groups in total. The lowest BCUT2D eigenvalue weighted by Gasteiger charge is -2.39. The predicted octanol–water partition coefficient (Wildman–Crippen LogP) is 2.82. The second-order valence-electron chi connectivity index (χ2n) is 5.46. The highest BCUT2D eigenvalue weighted by molar-refractivity contribution is 6.31. The van der Waals surface area contributed by atoms with Gasteiger partial charge in [0.2, 0.25) is 5.91 Å². The van der Waals surface area contributed by atoms with Crippen LogP contribution in [0.2, 0.25) is 5.02 Å². The number of hydrogen-bond donors (Lipinski definition) is 0. The minimum Gasteiger partial charge on any atom is -0.495 e. The van der Waals surface area contributed by atoms with Crippen molar-refractivity contribution in [3.63, 3.8) is 0 Å². The highest BCUT2D eigenvalue weighted by atomic mass is 35.5. The van der Waals surface area contributed by atoms with Crippen LogP contribution in [0, 0.1) is 0 Å².